The molecule has 8 nitrogen and oxygen atoms in total. The molecule has 0 spiro atoms. The largest absolute Gasteiger partial charge is 0.494 e. The Kier molecular flexibility index (Phi) is 12.8. The van der Waals surface area contributed by atoms with E-state index in [-0.39, 0.29) is 25.3 Å². The third-order valence-corrected chi connectivity index (χ3v) is 7.33. The molecular formula is C37H40O8. The highest BCUT2D eigenvalue weighted by molar-refractivity contribution is 5.91. The Morgan fingerprint density at radius 3 is 1.89 bits per heavy atom. The summed E-state index contributed by atoms with van der Waals surface area (Å²) in [6.45, 7) is 8.09. The normalized spacial score (nSPS) is 14.0. The highest BCUT2D eigenvalue weighted by Gasteiger charge is 2.26. The van der Waals surface area contributed by atoms with E-state index in [9.17, 15) is 14.4 Å². The van der Waals surface area contributed by atoms with Crippen LogP contribution in [0.1, 0.15) is 61.7 Å². The van der Waals surface area contributed by atoms with Crippen LogP contribution in [0.2, 0.25) is 0 Å². The van der Waals surface area contributed by atoms with Crippen LogP contribution in [0.3, 0.4) is 0 Å². The predicted octanol–water partition coefficient (Wildman–Crippen LogP) is 7.66. The van der Waals surface area contributed by atoms with E-state index in [1.54, 1.807) is 36.4 Å². The number of hydrogen-bond donors (Lipinski definition) is 0. The van der Waals surface area contributed by atoms with Crippen molar-refractivity contribution in [2.75, 3.05) is 19.8 Å². The van der Waals surface area contributed by atoms with Crippen LogP contribution in [0.4, 0.5) is 0 Å². The number of esters is 3. The molecule has 1 atom stereocenters. The quantitative estimate of drug-likeness (QED) is 0.0625. The second-order valence-corrected chi connectivity index (χ2v) is 10.8. The van der Waals surface area contributed by atoms with Gasteiger partial charge in [0.25, 0.3) is 0 Å². The van der Waals surface area contributed by atoms with Crippen molar-refractivity contribution < 1.29 is 38.1 Å². The van der Waals surface area contributed by atoms with Gasteiger partial charge in [-0.05, 0) is 78.9 Å². The third kappa shape index (κ3) is 11.0. The zero-order valence-electron chi connectivity index (χ0n) is 25.5. The van der Waals surface area contributed by atoms with Crippen LogP contribution in [0.25, 0.3) is 11.1 Å². The number of hydrogen-bond acceptors (Lipinski definition) is 8. The Labute approximate surface area is 264 Å². The van der Waals surface area contributed by atoms with E-state index in [4.69, 9.17) is 23.7 Å². The summed E-state index contributed by atoms with van der Waals surface area (Å²) in [7, 11) is 0. The fraction of sp³-hybridized carbons (Fsp3) is 0.324. The van der Waals surface area contributed by atoms with E-state index in [1.807, 2.05) is 36.4 Å². The lowest BCUT2D eigenvalue weighted by molar-refractivity contribution is -0.139. The summed E-state index contributed by atoms with van der Waals surface area (Å²) in [4.78, 5) is 35.1. The highest BCUT2D eigenvalue weighted by Crippen LogP contribution is 2.26. The van der Waals surface area contributed by atoms with Gasteiger partial charge in [0.05, 0.1) is 12.2 Å². The van der Waals surface area contributed by atoms with Crippen molar-refractivity contribution in [3.63, 3.8) is 0 Å². The van der Waals surface area contributed by atoms with Crippen molar-refractivity contribution in [3.8, 4) is 28.4 Å². The zero-order valence-corrected chi connectivity index (χ0v) is 25.5. The Hall–Kier alpha value is -4.85. The molecule has 0 aromatic heterocycles. The molecule has 236 valence electrons. The van der Waals surface area contributed by atoms with E-state index < -0.39 is 11.9 Å². The molecule has 0 bridgehead atoms. The van der Waals surface area contributed by atoms with Gasteiger partial charge in [-0.2, -0.15) is 0 Å². The van der Waals surface area contributed by atoms with Gasteiger partial charge in [-0.3, -0.25) is 0 Å². The number of carbonyl (C=O) groups excluding carboxylic acids is 3. The molecule has 3 aromatic carbocycles. The zero-order chi connectivity index (χ0) is 31.9. The van der Waals surface area contributed by atoms with E-state index in [0.29, 0.717) is 35.7 Å². The summed E-state index contributed by atoms with van der Waals surface area (Å²) >= 11 is 0. The van der Waals surface area contributed by atoms with Crippen molar-refractivity contribution in [1.29, 1.82) is 0 Å². The van der Waals surface area contributed by atoms with E-state index in [0.717, 1.165) is 67.9 Å². The first-order valence-corrected chi connectivity index (χ1v) is 15.4. The smallest absolute Gasteiger partial charge is 0.343 e. The van der Waals surface area contributed by atoms with Gasteiger partial charge in [-0.25, -0.2) is 14.4 Å². The average molecular weight is 613 g/mol. The molecule has 4 rings (SSSR count). The number of cyclic esters (lactones) is 1. The molecule has 1 fully saturated rings. The minimum absolute atomic E-state index is 0.0200. The van der Waals surface area contributed by atoms with Crippen LogP contribution in [0.15, 0.2) is 97.6 Å². The lowest BCUT2D eigenvalue weighted by atomic mass is 10.0. The van der Waals surface area contributed by atoms with Gasteiger partial charge in [0.1, 0.15) is 36.6 Å². The van der Waals surface area contributed by atoms with Gasteiger partial charge >= 0.3 is 17.9 Å². The maximum absolute atomic E-state index is 12.7. The maximum atomic E-state index is 12.7. The van der Waals surface area contributed by atoms with Crippen LogP contribution in [-0.2, 0) is 19.1 Å². The van der Waals surface area contributed by atoms with Crippen molar-refractivity contribution in [2.24, 2.45) is 0 Å². The second kappa shape index (κ2) is 17.4. The van der Waals surface area contributed by atoms with E-state index in [2.05, 4.69) is 13.2 Å². The van der Waals surface area contributed by atoms with Gasteiger partial charge in [-0.1, -0.05) is 63.1 Å². The van der Waals surface area contributed by atoms with Crippen molar-refractivity contribution >= 4 is 17.9 Å². The lowest BCUT2D eigenvalue weighted by Gasteiger charge is -2.09. The number of benzene rings is 3. The molecular weight excluding hydrogens is 572 g/mol. The number of ether oxygens (including phenoxy) is 5. The minimum Gasteiger partial charge on any atom is -0.494 e. The van der Waals surface area contributed by atoms with Crippen molar-refractivity contribution in [3.05, 3.63) is 103 Å². The standard InChI is InChI=1S/C37H40O8/c1-3-35(38)43-25-24-42-32-17-11-28(12-18-32)29-13-21-33(22-14-29)44-37(40)30-15-19-31(20-16-30)41-23-9-7-5-4-6-8-10-34-26-27(2)36(39)45-34/h3,11-22,34H,1-2,4-10,23-26H2. The number of rotatable bonds is 18. The first-order chi connectivity index (χ1) is 21.9. The van der Waals surface area contributed by atoms with E-state index >= 15 is 0 Å². The summed E-state index contributed by atoms with van der Waals surface area (Å²) < 4.78 is 27.1. The summed E-state index contributed by atoms with van der Waals surface area (Å²) in [5, 5.41) is 0. The van der Waals surface area contributed by atoms with Crippen LogP contribution in [0.5, 0.6) is 17.2 Å². The fourth-order valence-electron chi connectivity index (χ4n) is 4.84. The first kappa shape index (κ1) is 33.1. The van der Waals surface area contributed by atoms with Crippen molar-refractivity contribution in [2.45, 2.75) is 57.5 Å². The van der Waals surface area contributed by atoms with Crippen LogP contribution >= 0.6 is 0 Å². The second-order valence-electron chi connectivity index (χ2n) is 10.8. The number of carbonyl (C=O) groups is 3. The molecule has 0 radical (unpaired) electrons. The Balaban J connectivity index is 1.09. The minimum atomic E-state index is -0.480. The Bertz CT molecular complexity index is 1410. The first-order valence-electron chi connectivity index (χ1n) is 15.4. The summed E-state index contributed by atoms with van der Waals surface area (Å²) in [5.74, 6) is 0.671. The molecule has 0 saturated carbocycles. The lowest BCUT2D eigenvalue weighted by Crippen LogP contribution is -2.10. The fourth-order valence-corrected chi connectivity index (χ4v) is 4.84. The van der Waals surface area contributed by atoms with Gasteiger partial charge < -0.3 is 23.7 Å². The molecule has 1 saturated heterocycles. The average Bonchev–Trinajstić information content (AvgIpc) is 3.39. The molecule has 45 heavy (non-hydrogen) atoms. The van der Waals surface area contributed by atoms with Gasteiger partial charge in [0, 0.05) is 18.1 Å². The highest BCUT2D eigenvalue weighted by atomic mass is 16.6. The Morgan fingerprint density at radius 1 is 0.733 bits per heavy atom. The predicted molar refractivity (Wildman–Crippen MR) is 171 cm³/mol. The molecule has 1 unspecified atom stereocenters. The summed E-state index contributed by atoms with van der Waals surface area (Å²) in [6.07, 6.45) is 9.27. The molecule has 1 aliphatic heterocycles. The van der Waals surface area contributed by atoms with Crippen LogP contribution in [0, 0.1) is 0 Å². The third-order valence-electron chi connectivity index (χ3n) is 7.33. The topological polar surface area (TPSA) is 97.4 Å². The van der Waals surface area contributed by atoms with Gasteiger partial charge in [-0.15, -0.1) is 0 Å². The van der Waals surface area contributed by atoms with E-state index in [1.165, 1.54) is 0 Å². The SMILES string of the molecule is C=CC(=O)OCCOc1ccc(-c2ccc(OC(=O)c3ccc(OCCCCCCCCC4CC(=C)C(=O)O4)cc3)cc2)cc1. The molecule has 0 amide bonds. The molecule has 3 aromatic rings. The molecule has 8 heteroatoms. The molecule has 0 N–H and O–H groups in total. The Morgan fingerprint density at radius 2 is 1.29 bits per heavy atom. The van der Waals surface area contributed by atoms with Gasteiger partial charge in [0.2, 0.25) is 0 Å². The molecule has 0 aliphatic carbocycles. The monoisotopic (exact) mass is 612 g/mol. The summed E-state index contributed by atoms with van der Waals surface area (Å²) in [5.41, 5.74) is 2.97. The summed E-state index contributed by atoms with van der Waals surface area (Å²) in [6, 6.07) is 21.8. The van der Waals surface area contributed by atoms with Gasteiger partial charge in [0.15, 0.2) is 0 Å². The molecule has 1 heterocycles. The van der Waals surface area contributed by atoms with Crippen LogP contribution in [-0.4, -0.2) is 43.8 Å². The van der Waals surface area contributed by atoms with Crippen molar-refractivity contribution in [1.82, 2.24) is 0 Å². The number of unbranched alkanes of at least 4 members (excludes halogenated alkanes) is 5. The van der Waals surface area contributed by atoms with Crippen LogP contribution < -0.4 is 14.2 Å². The molecule has 1 aliphatic rings. The maximum Gasteiger partial charge on any atom is 0.343 e.